The normalized spacial score (nSPS) is 11.8. The molecule has 0 aliphatic rings. The first-order valence-electron chi connectivity index (χ1n) is 5.07. The lowest BCUT2D eigenvalue weighted by Crippen LogP contribution is -2.07. The second-order valence-corrected chi connectivity index (χ2v) is 5.82. The molecule has 0 bridgehead atoms. The fraction of sp³-hybridized carbons (Fsp3) is 0.400. The number of rotatable bonds is 3. The Hall–Kier alpha value is -1.15. The standard InChI is InChI=1S/C10H10F3N3S2/c1-5-3-7(17-6(5)2)4-14-9-15-8(16-18-9)10(11,12)13/h3H,4H2,1-2H3,(H,14,15,16). The van der Waals surface area contributed by atoms with Gasteiger partial charge in [0.2, 0.25) is 11.0 Å². The van der Waals surface area contributed by atoms with Crippen LogP contribution in [0, 0.1) is 13.8 Å². The van der Waals surface area contributed by atoms with Crippen LogP contribution < -0.4 is 5.32 Å². The third-order valence-electron chi connectivity index (χ3n) is 2.31. The van der Waals surface area contributed by atoms with Crippen LogP contribution in [0.15, 0.2) is 6.07 Å². The monoisotopic (exact) mass is 293 g/mol. The quantitative estimate of drug-likeness (QED) is 0.934. The second-order valence-electron chi connectivity index (χ2n) is 3.73. The number of nitrogens with one attached hydrogen (secondary N) is 1. The first-order valence-corrected chi connectivity index (χ1v) is 6.66. The molecule has 0 amide bonds. The number of hydrogen-bond acceptors (Lipinski definition) is 5. The molecule has 2 heterocycles. The summed E-state index contributed by atoms with van der Waals surface area (Å²) in [6.45, 7) is 4.48. The lowest BCUT2D eigenvalue weighted by Gasteiger charge is -1.99. The average Bonchev–Trinajstić information content (AvgIpc) is 2.83. The maximum absolute atomic E-state index is 12.3. The van der Waals surface area contributed by atoms with E-state index in [2.05, 4.69) is 14.7 Å². The summed E-state index contributed by atoms with van der Waals surface area (Å²) >= 11 is 2.34. The van der Waals surface area contributed by atoms with E-state index >= 15 is 0 Å². The molecule has 0 aliphatic carbocycles. The molecular formula is C10H10F3N3S2. The Morgan fingerprint density at radius 2 is 2.06 bits per heavy atom. The highest BCUT2D eigenvalue weighted by molar-refractivity contribution is 7.12. The van der Waals surface area contributed by atoms with Crippen LogP contribution in [-0.4, -0.2) is 9.36 Å². The zero-order chi connectivity index (χ0) is 13.3. The molecule has 0 unspecified atom stereocenters. The first kappa shape index (κ1) is 13.3. The van der Waals surface area contributed by atoms with Crippen LogP contribution >= 0.6 is 22.9 Å². The summed E-state index contributed by atoms with van der Waals surface area (Å²) < 4.78 is 40.1. The van der Waals surface area contributed by atoms with Crippen molar-refractivity contribution in [3.63, 3.8) is 0 Å². The van der Waals surface area contributed by atoms with Crippen molar-refractivity contribution in [3.8, 4) is 0 Å². The van der Waals surface area contributed by atoms with Crippen molar-refractivity contribution in [2.45, 2.75) is 26.6 Å². The highest BCUT2D eigenvalue weighted by atomic mass is 32.1. The molecule has 18 heavy (non-hydrogen) atoms. The average molecular weight is 293 g/mol. The minimum atomic E-state index is -4.48. The topological polar surface area (TPSA) is 37.8 Å². The van der Waals surface area contributed by atoms with Crippen LogP contribution in [0.2, 0.25) is 0 Å². The zero-order valence-corrected chi connectivity index (χ0v) is 11.3. The van der Waals surface area contributed by atoms with Gasteiger partial charge in [0.25, 0.3) is 0 Å². The van der Waals surface area contributed by atoms with Gasteiger partial charge < -0.3 is 5.32 Å². The fourth-order valence-corrected chi connectivity index (χ4v) is 2.88. The molecule has 0 saturated heterocycles. The second kappa shape index (κ2) is 4.85. The lowest BCUT2D eigenvalue weighted by molar-refractivity contribution is -0.144. The Bertz CT molecular complexity index is 525. The third kappa shape index (κ3) is 2.99. The number of halogens is 3. The minimum absolute atomic E-state index is 0.186. The predicted molar refractivity (Wildman–Crippen MR) is 66.0 cm³/mol. The summed E-state index contributed by atoms with van der Waals surface area (Å²) in [5.74, 6) is -1.09. The molecule has 0 atom stereocenters. The van der Waals surface area contributed by atoms with E-state index in [9.17, 15) is 13.2 Å². The van der Waals surface area contributed by atoms with E-state index in [0.717, 1.165) is 16.4 Å². The number of aryl methyl sites for hydroxylation is 2. The van der Waals surface area contributed by atoms with Gasteiger partial charge in [0.1, 0.15) is 0 Å². The largest absolute Gasteiger partial charge is 0.452 e. The molecule has 2 aromatic rings. The summed E-state index contributed by atoms with van der Waals surface area (Å²) in [6.07, 6.45) is -4.48. The molecule has 0 spiro atoms. The zero-order valence-electron chi connectivity index (χ0n) is 9.63. The number of nitrogens with zero attached hydrogens (tertiary/aromatic N) is 2. The Labute approximate surface area is 110 Å². The van der Waals surface area contributed by atoms with E-state index in [4.69, 9.17) is 0 Å². The van der Waals surface area contributed by atoms with E-state index in [-0.39, 0.29) is 5.13 Å². The fourth-order valence-electron chi connectivity index (χ4n) is 1.31. The predicted octanol–water partition coefficient (Wildman–Crippen LogP) is 3.85. The number of anilines is 1. The van der Waals surface area contributed by atoms with Crippen LogP contribution in [0.1, 0.15) is 21.1 Å². The van der Waals surface area contributed by atoms with Gasteiger partial charge in [0.05, 0.1) is 6.54 Å². The molecule has 0 radical (unpaired) electrons. The van der Waals surface area contributed by atoms with Crippen molar-refractivity contribution in [2.75, 3.05) is 5.32 Å². The summed E-state index contributed by atoms with van der Waals surface area (Å²) in [5.41, 5.74) is 1.19. The molecule has 8 heteroatoms. The molecular weight excluding hydrogens is 283 g/mol. The Kier molecular flexibility index (Phi) is 3.58. The van der Waals surface area contributed by atoms with Crippen molar-refractivity contribution < 1.29 is 13.2 Å². The summed E-state index contributed by atoms with van der Waals surface area (Å²) in [4.78, 5) is 5.67. The number of thiophene rings is 1. The summed E-state index contributed by atoms with van der Waals surface area (Å²) in [5, 5.41) is 3.04. The highest BCUT2D eigenvalue weighted by Gasteiger charge is 2.36. The van der Waals surface area contributed by atoms with Gasteiger partial charge in [0, 0.05) is 21.3 Å². The van der Waals surface area contributed by atoms with Gasteiger partial charge in [-0.15, -0.1) is 11.3 Å². The summed E-state index contributed by atoms with van der Waals surface area (Å²) in [7, 11) is 0. The van der Waals surface area contributed by atoms with Crippen LogP contribution in [0.3, 0.4) is 0 Å². The van der Waals surface area contributed by atoms with Crippen LogP contribution in [0.25, 0.3) is 0 Å². The number of hydrogen-bond donors (Lipinski definition) is 1. The number of alkyl halides is 3. The molecule has 0 aliphatic heterocycles. The van der Waals surface area contributed by atoms with Gasteiger partial charge in [-0.3, -0.25) is 0 Å². The smallest absolute Gasteiger partial charge is 0.355 e. The Morgan fingerprint density at radius 1 is 1.33 bits per heavy atom. The molecule has 2 aromatic heterocycles. The van der Waals surface area contributed by atoms with Crippen molar-refractivity contribution >= 4 is 28.0 Å². The van der Waals surface area contributed by atoms with E-state index in [1.54, 1.807) is 11.3 Å². The maximum Gasteiger partial charge on any atom is 0.452 e. The van der Waals surface area contributed by atoms with Crippen LogP contribution in [0.4, 0.5) is 18.3 Å². The van der Waals surface area contributed by atoms with Gasteiger partial charge in [-0.2, -0.15) is 22.5 Å². The molecule has 0 fully saturated rings. The molecule has 98 valence electrons. The van der Waals surface area contributed by atoms with Crippen molar-refractivity contribution in [1.82, 2.24) is 9.36 Å². The Balaban J connectivity index is 2.00. The number of aromatic nitrogens is 2. The molecule has 2 rings (SSSR count). The molecule has 3 nitrogen and oxygen atoms in total. The van der Waals surface area contributed by atoms with Crippen molar-refractivity contribution in [1.29, 1.82) is 0 Å². The van der Waals surface area contributed by atoms with Gasteiger partial charge in [-0.1, -0.05) is 0 Å². The van der Waals surface area contributed by atoms with E-state index in [0.29, 0.717) is 6.54 Å². The van der Waals surface area contributed by atoms with E-state index in [1.165, 1.54) is 10.4 Å². The molecule has 0 saturated carbocycles. The first-order chi connectivity index (χ1) is 8.36. The van der Waals surface area contributed by atoms with Gasteiger partial charge in [-0.25, -0.2) is 0 Å². The van der Waals surface area contributed by atoms with Crippen LogP contribution in [0.5, 0.6) is 0 Å². The Morgan fingerprint density at radius 3 is 2.56 bits per heavy atom. The van der Waals surface area contributed by atoms with Crippen LogP contribution in [-0.2, 0) is 12.7 Å². The van der Waals surface area contributed by atoms with Gasteiger partial charge in [-0.05, 0) is 25.5 Å². The molecule has 0 aromatic carbocycles. The highest BCUT2D eigenvalue weighted by Crippen LogP contribution is 2.29. The van der Waals surface area contributed by atoms with Crippen molar-refractivity contribution in [2.24, 2.45) is 0 Å². The minimum Gasteiger partial charge on any atom is -0.355 e. The van der Waals surface area contributed by atoms with E-state index < -0.39 is 12.0 Å². The van der Waals surface area contributed by atoms with Crippen molar-refractivity contribution in [3.05, 3.63) is 27.2 Å². The molecule has 1 N–H and O–H groups in total. The third-order valence-corrected chi connectivity index (χ3v) is 4.14. The maximum atomic E-state index is 12.3. The summed E-state index contributed by atoms with van der Waals surface area (Å²) in [6, 6.07) is 2.01. The van der Waals surface area contributed by atoms with Gasteiger partial charge >= 0.3 is 6.18 Å². The SMILES string of the molecule is Cc1cc(CNc2nc(C(F)(F)F)ns2)sc1C. The van der Waals surface area contributed by atoms with E-state index in [1.807, 2.05) is 19.9 Å². The lowest BCUT2D eigenvalue weighted by atomic mass is 10.3. The van der Waals surface area contributed by atoms with Gasteiger partial charge in [0.15, 0.2) is 0 Å².